The van der Waals surface area contributed by atoms with Crippen LogP contribution in [-0.4, -0.2) is 14.5 Å². The molecular weight excluding hydrogens is 346 g/mol. The quantitative estimate of drug-likeness (QED) is 0.580. The molecule has 0 atom stereocenters. The van der Waals surface area contributed by atoms with Crippen molar-refractivity contribution >= 4 is 39.4 Å². The average Bonchev–Trinajstić information content (AvgIpc) is 2.96. The lowest BCUT2D eigenvalue weighted by atomic mass is 10.1. The first kappa shape index (κ1) is 16.4. The monoisotopic (exact) mass is 361 g/mol. The summed E-state index contributed by atoms with van der Waals surface area (Å²) in [4.78, 5) is 9.28. The summed E-state index contributed by atoms with van der Waals surface area (Å²) in [5.74, 6) is 1.55. The highest BCUT2D eigenvalue weighted by Crippen LogP contribution is 2.24. The van der Waals surface area contributed by atoms with Gasteiger partial charge in [-0.3, -0.25) is 0 Å². The van der Waals surface area contributed by atoms with E-state index < -0.39 is 0 Å². The summed E-state index contributed by atoms with van der Waals surface area (Å²) in [5.41, 5.74) is 4.57. The number of hydrogen-bond donors (Lipinski definition) is 1. The number of halogens is 1. The molecule has 0 amide bonds. The number of pyridine rings is 1. The van der Waals surface area contributed by atoms with Crippen LogP contribution in [0.4, 0.5) is 5.82 Å². The minimum absolute atomic E-state index is 0.515. The fourth-order valence-electron chi connectivity index (χ4n) is 3.22. The molecule has 0 radical (unpaired) electrons. The first-order valence-electron chi connectivity index (χ1n) is 8.22. The van der Waals surface area contributed by atoms with Crippen LogP contribution in [0.2, 0.25) is 5.02 Å². The topological polar surface area (TPSA) is 66.5 Å². The van der Waals surface area contributed by atoms with Gasteiger partial charge in [-0.25, -0.2) is 9.97 Å². The van der Waals surface area contributed by atoms with Gasteiger partial charge in [0.1, 0.15) is 11.6 Å². The summed E-state index contributed by atoms with van der Waals surface area (Å²) in [7, 11) is 2.01. The minimum atomic E-state index is 0.515. The number of aromatic nitrogens is 3. The number of imidazole rings is 1. The van der Waals surface area contributed by atoms with E-state index in [4.69, 9.17) is 16.6 Å². The number of nitrogens with one attached hydrogen (secondary N) is 1. The van der Waals surface area contributed by atoms with Gasteiger partial charge in [-0.2, -0.15) is 5.26 Å². The molecule has 0 aliphatic rings. The molecule has 0 bridgehead atoms. The van der Waals surface area contributed by atoms with E-state index in [1.54, 1.807) is 18.2 Å². The lowest BCUT2D eigenvalue weighted by molar-refractivity contribution is 0.831. The molecule has 26 heavy (non-hydrogen) atoms. The minimum Gasteiger partial charge on any atom is -0.363 e. The maximum atomic E-state index is 9.44. The largest absolute Gasteiger partial charge is 0.363 e. The van der Waals surface area contributed by atoms with Gasteiger partial charge in [0.2, 0.25) is 0 Å². The molecule has 4 rings (SSSR count). The highest BCUT2D eigenvalue weighted by molar-refractivity contribution is 6.31. The Morgan fingerprint density at radius 3 is 2.77 bits per heavy atom. The zero-order valence-corrected chi connectivity index (χ0v) is 15.2. The number of para-hydroxylation sites is 1. The van der Waals surface area contributed by atoms with Gasteiger partial charge in [0.05, 0.1) is 34.7 Å². The molecule has 2 aromatic carbocycles. The molecule has 4 aromatic rings. The number of rotatable bonds is 3. The van der Waals surface area contributed by atoms with Crippen molar-refractivity contribution in [3.05, 3.63) is 64.4 Å². The first-order chi connectivity index (χ1) is 12.6. The molecular formula is C20H16ClN5. The second-order valence-corrected chi connectivity index (χ2v) is 6.65. The van der Waals surface area contributed by atoms with Crippen LogP contribution in [0.5, 0.6) is 0 Å². The zero-order chi connectivity index (χ0) is 18.3. The van der Waals surface area contributed by atoms with E-state index in [1.807, 2.05) is 25.2 Å². The van der Waals surface area contributed by atoms with E-state index in [2.05, 4.69) is 33.9 Å². The van der Waals surface area contributed by atoms with Crippen molar-refractivity contribution < 1.29 is 0 Å². The van der Waals surface area contributed by atoms with Crippen LogP contribution in [0.25, 0.3) is 21.9 Å². The Bertz CT molecular complexity index is 1190. The number of fused-ring (bicyclic) bond motifs is 2. The molecule has 6 heteroatoms. The maximum Gasteiger partial charge on any atom is 0.129 e. The molecule has 0 saturated carbocycles. The fourth-order valence-corrected chi connectivity index (χ4v) is 3.39. The van der Waals surface area contributed by atoms with Crippen LogP contribution in [0, 0.1) is 18.3 Å². The number of hydrogen-bond acceptors (Lipinski definition) is 4. The van der Waals surface area contributed by atoms with E-state index in [0.29, 0.717) is 22.9 Å². The van der Waals surface area contributed by atoms with Crippen LogP contribution in [-0.2, 0) is 13.6 Å². The van der Waals surface area contributed by atoms with E-state index in [-0.39, 0.29) is 0 Å². The standard InChI is InChI=1S/C20H16ClN5/c1-12-4-3-5-17-20(12)26(2)19(25-17)11-23-18-8-13(10-22)15-9-14(21)6-7-16(15)24-18/h3-9H,11H2,1-2H3,(H,23,24). The van der Waals surface area contributed by atoms with Crippen LogP contribution in [0.3, 0.4) is 0 Å². The molecule has 0 fully saturated rings. The van der Waals surface area contributed by atoms with Gasteiger partial charge in [-0.15, -0.1) is 0 Å². The van der Waals surface area contributed by atoms with Crippen LogP contribution in [0.1, 0.15) is 17.0 Å². The van der Waals surface area contributed by atoms with Crippen molar-refractivity contribution in [2.24, 2.45) is 7.05 Å². The predicted octanol–water partition coefficient (Wildman–Crippen LogP) is 4.57. The van der Waals surface area contributed by atoms with Crippen molar-refractivity contribution in [3.8, 4) is 6.07 Å². The highest BCUT2D eigenvalue weighted by atomic mass is 35.5. The van der Waals surface area contributed by atoms with Gasteiger partial charge in [0, 0.05) is 17.5 Å². The number of nitrogens with zero attached hydrogens (tertiary/aromatic N) is 4. The summed E-state index contributed by atoms with van der Waals surface area (Å²) in [6, 6.07) is 15.4. The number of benzene rings is 2. The second kappa shape index (κ2) is 6.32. The molecule has 1 N–H and O–H groups in total. The Balaban J connectivity index is 1.68. The van der Waals surface area contributed by atoms with E-state index in [1.165, 1.54) is 5.56 Å². The Kier molecular flexibility index (Phi) is 3.98. The summed E-state index contributed by atoms with van der Waals surface area (Å²) in [5, 5.41) is 14.1. The van der Waals surface area contributed by atoms with Gasteiger partial charge in [-0.05, 0) is 42.8 Å². The van der Waals surface area contributed by atoms with Gasteiger partial charge >= 0.3 is 0 Å². The lowest BCUT2D eigenvalue weighted by Gasteiger charge is -2.09. The van der Waals surface area contributed by atoms with Gasteiger partial charge in [0.25, 0.3) is 0 Å². The molecule has 0 aliphatic heterocycles. The smallest absolute Gasteiger partial charge is 0.129 e. The molecule has 0 unspecified atom stereocenters. The average molecular weight is 362 g/mol. The van der Waals surface area contributed by atoms with E-state index in [9.17, 15) is 5.26 Å². The first-order valence-corrected chi connectivity index (χ1v) is 8.60. The molecule has 128 valence electrons. The third-order valence-electron chi connectivity index (χ3n) is 4.51. The Morgan fingerprint density at radius 2 is 2.00 bits per heavy atom. The third-order valence-corrected chi connectivity index (χ3v) is 4.74. The third kappa shape index (κ3) is 2.75. The Labute approximate surface area is 155 Å². The number of anilines is 1. The Hall–Kier alpha value is -3.10. The van der Waals surface area contributed by atoms with Crippen molar-refractivity contribution in [3.63, 3.8) is 0 Å². The molecule has 2 heterocycles. The molecule has 0 saturated heterocycles. The fraction of sp³-hybridized carbons (Fsp3) is 0.150. The predicted molar refractivity (Wildman–Crippen MR) is 104 cm³/mol. The SMILES string of the molecule is Cc1cccc2nc(CNc3cc(C#N)c4cc(Cl)ccc4n3)n(C)c12. The van der Waals surface area contributed by atoms with Crippen LogP contribution < -0.4 is 5.32 Å². The second-order valence-electron chi connectivity index (χ2n) is 6.21. The van der Waals surface area contributed by atoms with Gasteiger partial charge in [-0.1, -0.05) is 23.7 Å². The zero-order valence-electron chi connectivity index (χ0n) is 14.4. The van der Waals surface area contributed by atoms with Gasteiger partial charge < -0.3 is 9.88 Å². The van der Waals surface area contributed by atoms with E-state index in [0.717, 1.165) is 27.8 Å². The highest BCUT2D eigenvalue weighted by Gasteiger charge is 2.11. The normalized spacial score (nSPS) is 11.0. The van der Waals surface area contributed by atoms with Crippen molar-refractivity contribution in [1.29, 1.82) is 5.26 Å². The van der Waals surface area contributed by atoms with Crippen molar-refractivity contribution in [1.82, 2.24) is 14.5 Å². The maximum absolute atomic E-state index is 9.44. The molecule has 0 aliphatic carbocycles. The number of aryl methyl sites for hydroxylation is 2. The van der Waals surface area contributed by atoms with E-state index >= 15 is 0 Å². The van der Waals surface area contributed by atoms with Crippen LogP contribution in [0.15, 0.2) is 42.5 Å². The lowest BCUT2D eigenvalue weighted by Crippen LogP contribution is -2.07. The van der Waals surface area contributed by atoms with Gasteiger partial charge in [0.15, 0.2) is 0 Å². The number of nitriles is 1. The summed E-state index contributed by atoms with van der Waals surface area (Å²) < 4.78 is 2.09. The van der Waals surface area contributed by atoms with Crippen molar-refractivity contribution in [2.45, 2.75) is 13.5 Å². The Morgan fingerprint density at radius 1 is 1.15 bits per heavy atom. The van der Waals surface area contributed by atoms with Crippen molar-refractivity contribution in [2.75, 3.05) is 5.32 Å². The molecule has 2 aromatic heterocycles. The molecule has 0 spiro atoms. The summed E-state index contributed by atoms with van der Waals surface area (Å²) >= 11 is 6.03. The summed E-state index contributed by atoms with van der Waals surface area (Å²) in [6.45, 7) is 2.60. The molecule has 5 nitrogen and oxygen atoms in total. The van der Waals surface area contributed by atoms with Crippen LogP contribution >= 0.6 is 11.6 Å². The summed E-state index contributed by atoms with van der Waals surface area (Å²) in [6.07, 6.45) is 0.